The number of nitrogens with zero attached hydrogens (tertiary/aromatic N) is 2. The van der Waals surface area contributed by atoms with Gasteiger partial charge in [0.05, 0.1) is 0 Å². The molecule has 0 unspecified atom stereocenters. The largest absolute Gasteiger partial charge is 0.340 e. The third-order valence-electron chi connectivity index (χ3n) is 5.26. The van der Waals surface area contributed by atoms with E-state index in [1.54, 1.807) is 4.90 Å². The molecular weight excluding hydrogens is 350 g/mol. The van der Waals surface area contributed by atoms with Crippen LogP contribution < -0.4 is 0 Å². The Morgan fingerprint density at radius 2 is 1.68 bits per heavy atom. The molecule has 1 aromatic rings. The van der Waals surface area contributed by atoms with Gasteiger partial charge in [0, 0.05) is 31.6 Å². The molecule has 25 heavy (non-hydrogen) atoms. The van der Waals surface area contributed by atoms with E-state index in [1.807, 2.05) is 6.92 Å². The number of hydrogen-bond donors (Lipinski definition) is 0. The number of hydrogen-bond acceptors (Lipinski definition) is 3. The molecule has 1 aliphatic heterocycles. The Kier molecular flexibility index (Phi) is 4.85. The van der Waals surface area contributed by atoms with Crippen molar-refractivity contribution in [2.24, 2.45) is 5.41 Å². The molecule has 5 nitrogen and oxygen atoms in total. The number of benzene rings is 1. The van der Waals surface area contributed by atoms with E-state index in [2.05, 4.69) is 0 Å². The standard InChI is InChI=1S/C17H22F2N2O3S/c1-17(6-2-3-7-17)16(22)20-8-10-21(11-9-20)25(23,24)15-12-13(18)4-5-14(15)19/h4-5,12H,2-3,6-11H2,1H3. The van der Waals surface area contributed by atoms with Crippen LogP contribution in [0.3, 0.4) is 0 Å². The molecule has 1 aliphatic carbocycles. The zero-order valence-electron chi connectivity index (χ0n) is 14.2. The molecule has 138 valence electrons. The molecule has 0 radical (unpaired) electrons. The van der Waals surface area contributed by atoms with Crippen molar-refractivity contribution in [2.45, 2.75) is 37.5 Å². The van der Waals surface area contributed by atoms with E-state index in [0.717, 1.165) is 42.1 Å². The summed E-state index contributed by atoms with van der Waals surface area (Å²) in [6.45, 7) is 2.67. The second kappa shape index (κ2) is 6.64. The van der Waals surface area contributed by atoms with Crippen LogP contribution in [0.1, 0.15) is 32.6 Å². The van der Waals surface area contributed by atoms with Crippen LogP contribution in [0.2, 0.25) is 0 Å². The summed E-state index contributed by atoms with van der Waals surface area (Å²) < 4.78 is 53.4. The Hall–Kier alpha value is -1.54. The monoisotopic (exact) mass is 372 g/mol. The summed E-state index contributed by atoms with van der Waals surface area (Å²) in [7, 11) is -4.12. The zero-order chi connectivity index (χ0) is 18.2. The average molecular weight is 372 g/mol. The number of sulfonamides is 1. The normalized spacial score (nSPS) is 21.5. The maximum absolute atomic E-state index is 13.8. The van der Waals surface area contributed by atoms with Gasteiger partial charge in [-0.25, -0.2) is 17.2 Å². The van der Waals surface area contributed by atoms with E-state index in [9.17, 15) is 22.0 Å². The quantitative estimate of drug-likeness (QED) is 0.819. The maximum atomic E-state index is 13.8. The smallest absolute Gasteiger partial charge is 0.246 e. The molecule has 0 spiro atoms. The summed E-state index contributed by atoms with van der Waals surface area (Å²) in [4.78, 5) is 13.7. The van der Waals surface area contributed by atoms with Gasteiger partial charge < -0.3 is 4.90 Å². The molecule has 1 amide bonds. The van der Waals surface area contributed by atoms with Crippen LogP contribution in [0.4, 0.5) is 8.78 Å². The minimum Gasteiger partial charge on any atom is -0.340 e. The first kappa shape index (κ1) is 18.3. The van der Waals surface area contributed by atoms with Crippen molar-refractivity contribution in [3.63, 3.8) is 0 Å². The minimum atomic E-state index is -4.12. The molecule has 0 atom stereocenters. The highest BCUT2D eigenvalue weighted by Gasteiger charge is 2.41. The molecule has 1 saturated heterocycles. The molecule has 0 aromatic heterocycles. The topological polar surface area (TPSA) is 57.7 Å². The average Bonchev–Trinajstić information content (AvgIpc) is 3.04. The maximum Gasteiger partial charge on any atom is 0.246 e. The van der Waals surface area contributed by atoms with Crippen LogP contribution in [0.25, 0.3) is 0 Å². The molecule has 0 N–H and O–H groups in total. The first-order valence-electron chi connectivity index (χ1n) is 8.49. The van der Waals surface area contributed by atoms with Crippen LogP contribution in [-0.2, 0) is 14.8 Å². The molecule has 0 bridgehead atoms. The van der Waals surface area contributed by atoms with Crippen molar-refractivity contribution in [1.29, 1.82) is 0 Å². The van der Waals surface area contributed by atoms with Gasteiger partial charge in [-0.2, -0.15) is 4.31 Å². The van der Waals surface area contributed by atoms with Gasteiger partial charge in [0.2, 0.25) is 15.9 Å². The lowest BCUT2D eigenvalue weighted by molar-refractivity contribution is -0.142. The molecule has 1 saturated carbocycles. The summed E-state index contributed by atoms with van der Waals surface area (Å²) in [5.41, 5.74) is -0.351. The van der Waals surface area contributed by atoms with E-state index in [-0.39, 0.29) is 37.5 Å². The summed E-state index contributed by atoms with van der Waals surface area (Å²) in [6, 6.07) is 2.39. The van der Waals surface area contributed by atoms with Crippen LogP contribution in [-0.4, -0.2) is 49.7 Å². The molecule has 3 rings (SSSR count). The fraction of sp³-hybridized carbons (Fsp3) is 0.588. The van der Waals surface area contributed by atoms with Crippen molar-refractivity contribution >= 4 is 15.9 Å². The van der Waals surface area contributed by atoms with E-state index in [0.29, 0.717) is 6.07 Å². The number of carbonyl (C=O) groups excluding carboxylic acids is 1. The summed E-state index contributed by atoms with van der Waals surface area (Å²) >= 11 is 0. The molecular formula is C17H22F2N2O3S. The number of amides is 1. The predicted molar refractivity (Wildman–Crippen MR) is 88.3 cm³/mol. The molecule has 1 aromatic carbocycles. The van der Waals surface area contributed by atoms with Crippen LogP contribution >= 0.6 is 0 Å². The van der Waals surface area contributed by atoms with E-state index >= 15 is 0 Å². The highest BCUT2D eigenvalue weighted by molar-refractivity contribution is 7.89. The van der Waals surface area contributed by atoms with Crippen molar-refractivity contribution < 1.29 is 22.0 Å². The molecule has 1 heterocycles. The van der Waals surface area contributed by atoms with Crippen molar-refractivity contribution in [3.05, 3.63) is 29.8 Å². The Labute approximate surface area is 146 Å². The van der Waals surface area contributed by atoms with Gasteiger partial charge in [0.1, 0.15) is 16.5 Å². The third kappa shape index (κ3) is 3.42. The number of halogens is 2. The highest BCUT2D eigenvalue weighted by atomic mass is 32.2. The first-order chi connectivity index (χ1) is 11.7. The number of piperazine rings is 1. The molecule has 2 fully saturated rings. The van der Waals surface area contributed by atoms with Gasteiger partial charge in [-0.05, 0) is 31.0 Å². The fourth-order valence-electron chi connectivity index (χ4n) is 3.70. The van der Waals surface area contributed by atoms with Gasteiger partial charge in [0.25, 0.3) is 0 Å². The lowest BCUT2D eigenvalue weighted by atomic mass is 9.87. The molecule has 8 heteroatoms. The fourth-order valence-corrected chi connectivity index (χ4v) is 5.19. The SMILES string of the molecule is CC1(C(=O)N2CCN(S(=O)(=O)c3cc(F)ccc3F)CC2)CCCC1. The second-order valence-electron chi connectivity index (χ2n) is 7.04. The van der Waals surface area contributed by atoms with E-state index in [1.165, 1.54) is 0 Å². The van der Waals surface area contributed by atoms with Crippen molar-refractivity contribution in [2.75, 3.05) is 26.2 Å². The van der Waals surface area contributed by atoms with Gasteiger partial charge in [-0.15, -0.1) is 0 Å². The van der Waals surface area contributed by atoms with Crippen molar-refractivity contribution in [3.8, 4) is 0 Å². The summed E-state index contributed by atoms with van der Waals surface area (Å²) in [6.07, 6.45) is 3.79. The zero-order valence-corrected chi connectivity index (χ0v) is 15.0. The van der Waals surface area contributed by atoms with Gasteiger partial charge >= 0.3 is 0 Å². The summed E-state index contributed by atoms with van der Waals surface area (Å²) in [5.74, 6) is -1.71. The third-order valence-corrected chi connectivity index (χ3v) is 7.17. The Bertz CT molecular complexity index is 768. The summed E-state index contributed by atoms with van der Waals surface area (Å²) in [5, 5.41) is 0. The number of rotatable bonds is 3. The second-order valence-corrected chi connectivity index (χ2v) is 8.95. The van der Waals surface area contributed by atoms with Gasteiger partial charge in [-0.1, -0.05) is 19.8 Å². The van der Waals surface area contributed by atoms with E-state index in [4.69, 9.17) is 0 Å². The van der Waals surface area contributed by atoms with Gasteiger partial charge in [-0.3, -0.25) is 4.79 Å². The van der Waals surface area contributed by atoms with Crippen LogP contribution in [0.15, 0.2) is 23.1 Å². The Morgan fingerprint density at radius 3 is 2.28 bits per heavy atom. The van der Waals surface area contributed by atoms with E-state index < -0.39 is 26.6 Å². The van der Waals surface area contributed by atoms with Gasteiger partial charge in [0.15, 0.2) is 0 Å². The molecule has 2 aliphatic rings. The van der Waals surface area contributed by atoms with Crippen molar-refractivity contribution in [1.82, 2.24) is 9.21 Å². The first-order valence-corrected chi connectivity index (χ1v) is 9.93. The Balaban J connectivity index is 1.71. The number of carbonyl (C=O) groups is 1. The predicted octanol–water partition coefficient (Wildman–Crippen LogP) is 2.38. The highest BCUT2D eigenvalue weighted by Crippen LogP contribution is 2.39. The Morgan fingerprint density at radius 1 is 1.08 bits per heavy atom. The van der Waals surface area contributed by atoms with Crippen LogP contribution in [0, 0.1) is 17.0 Å². The minimum absolute atomic E-state index is 0.0685. The van der Waals surface area contributed by atoms with Crippen LogP contribution in [0.5, 0.6) is 0 Å². The lowest BCUT2D eigenvalue weighted by Crippen LogP contribution is -2.53. The lowest BCUT2D eigenvalue weighted by Gasteiger charge is -2.38.